The molecule has 1 aromatic rings. The normalized spacial score (nSPS) is 10.7. The van der Waals surface area contributed by atoms with Gasteiger partial charge in [0.25, 0.3) is 0 Å². The van der Waals surface area contributed by atoms with Crippen molar-refractivity contribution >= 4 is 29.5 Å². The molecule has 6 heteroatoms. The lowest BCUT2D eigenvalue weighted by Gasteiger charge is -2.19. The van der Waals surface area contributed by atoms with E-state index >= 15 is 0 Å². The van der Waals surface area contributed by atoms with E-state index in [0.29, 0.717) is 12.2 Å². The first-order valence-corrected chi connectivity index (χ1v) is 7.95. The number of carbonyl (C=O) groups excluding carboxylic acids is 3. The number of nitrogens with zero attached hydrogens (tertiary/aromatic N) is 1. The number of amides is 3. The zero-order valence-corrected chi connectivity index (χ0v) is 14.6. The molecule has 1 aromatic carbocycles. The Morgan fingerprint density at radius 2 is 1.79 bits per heavy atom. The summed E-state index contributed by atoms with van der Waals surface area (Å²) in [5, 5.41) is 5.45. The Kier molecular flexibility index (Phi) is 7.68. The second kappa shape index (κ2) is 9.50. The van der Waals surface area contributed by atoms with Crippen LogP contribution >= 0.6 is 0 Å². The molecule has 0 atom stereocenters. The van der Waals surface area contributed by atoms with E-state index in [1.807, 2.05) is 20.8 Å². The van der Waals surface area contributed by atoms with Gasteiger partial charge in [-0.1, -0.05) is 12.1 Å². The summed E-state index contributed by atoms with van der Waals surface area (Å²) in [4.78, 5) is 36.4. The molecule has 0 radical (unpaired) electrons. The quantitative estimate of drug-likeness (QED) is 0.751. The first kappa shape index (κ1) is 19.4. The molecule has 6 nitrogen and oxygen atoms in total. The molecular formula is C18H25N3O3. The van der Waals surface area contributed by atoms with Gasteiger partial charge in [-0.25, -0.2) is 0 Å². The molecule has 3 amide bonds. The van der Waals surface area contributed by atoms with Crippen molar-refractivity contribution in [2.75, 3.05) is 18.4 Å². The average molecular weight is 331 g/mol. The van der Waals surface area contributed by atoms with Gasteiger partial charge in [-0.3, -0.25) is 14.4 Å². The van der Waals surface area contributed by atoms with Crippen molar-refractivity contribution < 1.29 is 14.4 Å². The minimum atomic E-state index is -0.220. The van der Waals surface area contributed by atoms with Crippen molar-refractivity contribution in [1.82, 2.24) is 10.2 Å². The Balaban J connectivity index is 2.65. The van der Waals surface area contributed by atoms with Crippen LogP contribution in [0.15, 0.2) is 30.3 Å². The van der Waals surface area contributed by atoms with Gasteiger partial charge in [0.1, 0.15) is 0 Å². The van der Waals surface area contributed by atoms with Crippen molar-refractivity contribution in [3.63, 3.8) is 0 Å². The first-order chi connectivity index (χ1) is 11.3. The van der Waals surface area contributed by atoms with Crippen LogP contribution < -0.4 is 10.6 Å². The Labute approximate surface area is 142 Å². The van der Waals surface area contributed by atoms with Crippen molar-refractivity contribution in [1.29, 1.82) is 0 Å². The van der Waals surface area contributed by atoms with Gasteiger partial charge in [0, 0.05) is 31.3 Å². The van der Waals surface area contributed by atoms with Crippen molar-refractivity contribution in [2.45, 2.75) is 33.7 Å². The van der Waals surface area contributed by atoms with Crippen LogP contribution in [0.3, 0.4) is 0 Å². The van der Waals surface area contributed by atoms with Crippen LogP contribution in [-0.2, 0) is 14.4 Å². The molecule has 1 rings (SSSR count). The lowest BCUT2D eigenvalue weighted by atomic mass is 10.2. The van der Waals surface area contributed by atoms with E-state index in [0.717, 1.165) is 5.56 Å². The summed E-state index contributed by atoms with van der Waals surface area (Å²) >= 11 is 0. The van der Waals surface area contributed by atoms with Crippen LogP contribution in [-0.4, -0.2) is 41.8 Å². The molecule has 24 heavy (non-hydrogen) atoms. The smallest absolute Gasteiger partial charge is 0.247 e. The summed E-state index contributed by atoms with van der Waals surface area (Å²) in [6.45, 7) is 7.52. The molecular weight excluding hydrogens is 306 g/mol. The fraction of sp³-hybridized carbons (Fsp3) is 0.389. The molecule has 130 valence electrons. The maximum absolute atomic E-state index is 12.2. The van der Waals surface area contributed by atoms with E-state index in [4.69, 9.17) is 0 Å². The molecule has 0 fully saturated rings. The second-order valence-corrected chi connectivity index (χ2v) is 5.71. The number of anilines is 1. The van der Waals surface area contributed by atoms with E-state index in [2.05, 4.69) is 10.6 Å². The summed E-state index contributed by atoms with van der Waals surface area (Å²) in [5.41, 5.74) is 1.53. The van der Waals surface area contributed by atoms with E-state index in [1.165, 1.54) is 17.9 Å². The van der Waals surface area contributed by atoms with Gasteiger partial charge in [-0.15, -0.1) is 0 Å². The van der Waals surface area contributed by atoms with Gasteiger partial charge >= 0.3 is 0 Å². The SMILES string of the molecule is CCN(CC(=O)NC(C)C)C(=O)/C=C/c1ccc(NC(C)=O)cc1. The number of hydrogen-bond acceptors (Lipinski definition) is 3. The highest BCUT2D eigenvalue weighted by atomic mass is 16.2. The summed E-state index contributed by atoms with van der Waals surface area (Å²) in [7, 11) is 0. The largest absolute Gasteiger partial charge is 0.352 e. The molecule has 0 aliphatic rings. The highest BCUT2D eigenvalue weighted by molar-refractivity contribution is 5.94. The topological polar surface area (TPSA) is 78.5 Å². The highest BCUT2D eigenvalue weighted by Crippen LogP contribution is 2.11. The van der Waals surface area contributed by atoms with Crippen LogP contribution in [0.4, 0.5) is 5.69 Å². The first-order valence-electron chi connectivity index (χ1n) is 7.95. The molecule has 0 aliphatic heterocycles. The molecule has 2 N–H and O–H groups in total. The molecule has 0 bridgehead atoms. The van der Waals surface area contributed by atoms with Crippen LogP contribution in [0.25, 0.3) is 6.08 Å². The third kappa shape index (κ3) is 7.09. The van der Waals surface area contributed by atoms with Gasteiger partial charge < -0.3 is 15.5 Å². The predicted molar refractivity (Wildman–Crippen MR) is 95.3 cm³/mol. The number of carbonyl (C=O) groups is 3. The maximum Gasteiger partial charge on any atom is 0.247 e. The summed E-state index contributed by atoms with van der Waals surface area (Å²) < 4.78 is 0. The monoisotopic (exact) mass is 331 g/mol. The summed E-state index contributed by atoms with van der Waals surface area (Å²) in [5.74, 6) is -0.526. The molecule has 0 unspecified atom stereocenters. The van der Waals surface area contributed by atoms with Crippen LogP contribution in [0.1, 0.15) is 33.3 Å². The average Bonchev–Trinajstić information content (AvgIpc) is 2.50. The lowest BCUT2D eigenvalue weighted by Crippen LogP contribution is -2.42. The Morgan fingerprint density at radius 3 is 2.29 bits per heavy atom. The number of nitrogens with one attached hydrogen (secondary N) is 2. The third-order valence-electron chi connectivity index (χ3n) is 3.13. The van der Waals surface area contributed by atoms with Crippen LogP contribution in [0, 0.1) is 0 Å². The van der Waals surface area contributed by atoms with Crippen LogP contribution in [0.2, 0.25) is 0 Å². The summed E-state index contributed by atoms with van der Waals surface area (Å²) in [6, 6.07) is 7.18. The highest BCUT2D eigenvalue weighted by Gasteiger charge is 2.13. The fourth-order valence-electron chi connectivity index (χ4n) is 2.04. The van der Waals surface area contributed by atoms with Gasteiger partial charge in [0.05, 0.1) is 6.54 Å². The van der Waals surface area contributed by atoms with E-state index in [9.17, 15) is 14.4 Å². The molecule has 0 spiro atoms. The number of benzene rings is 1. The molecule has 0 saturated heterocycles. The van der Waals surface area contributed by atoms with Crippen molar-refractivity contribution in [2.24, 2.45) is 0 Å². The molecule has 0 aromatic heterocycles. The van der Waals surface area contributed by atoms with Crippen LogP contribution in [0.5, 0.6) is 0 Å². The predicted octanol–water partition coefficient (Wildman–Crippen LogP) is 2.03. The van der Waals surface area contributed by atoms with E-state index < -0.39 is 0 Å². The molecule has 0 saturated carbocycles. The zero-order valence-electron chi connectivity index (χ0n) is 14.6. The van der Waals surface area contributed by atoms with E-state index in [1.54, 1.807) is 30.3 Å². The minimum Gasteiger partial charge on any atom is -0.352 e. The number of hydrogen-bond donors (Lipinski definition) is 2. The molecule has 0 aliphatic carbocycles. The van der Waals surface area contributed by atoms with Crippen molar-refractivity contribution in [3.05, 3.63) is 35.9 Å². The summed E-state index contributed by atoms with van der Waals surface area (Å²) in [6.07, 6.45) is 3.13. The minimum absolute atomic E-state index is 0.0410. The van der Waals surface area contributed by atoms with Gasteiger partial charge in [-0.2, -0.15) is 0 Å². The zero-order chi connectivity index (χ0) is 18.1. The number of rotatable bonds is 7. The Morgan fingerprint density at radius 1 is 1.17 bits per heavy atom. The van der Waals surface area contributed by atoms with Gasteiger partial charge in [0.15, 0.2) is 0 Å². The lowest BCUT2D eigenvalue weighted by molar-refractivity contribution is -0.132. The van der Waals surface area contributed by atoms with Gasteiger partial charge in [-0.05, 0) is 44.5 Å². The second-order valence-electron chi connectivity index (χ2n) is 5.71. The maximum atomic E-state index is 12.2. The van der Waals surface area contributed by atoms with Gasteiger partial charge in [0.2, 0.25) is 17.7 Å². The molecule has 0 heterocycles. The van der Waals surface area contributed by atoms with Crippen molar-refractivity contribution in [3.8, 4) is 0 Å². The Bertz CT molecular complexity index is 606. The standard InChI is InChI=1S/C18H25N3O3/c1-5-21(12-17(23)19-13(2)3)18(24)11-8-15-6-9-16(10-7-15)20-14(4)22/h6-11,13H,5,12H2,1-4H3,(H,19,23)(H,20,22)/b11-8+. The number of likely N-dealkylation sites (N-methyl/N-ethyl adjacent to an activating group) is 1. The Hall–Kier alpha value is -2.63. The third-order valence-corrected chi connectivity index (χ3v) is 3.13. The fourth-order valence-corrected chi connectivity index (χ4v) is 2.04. The van der Waals surface area contributed by atoms with E-state index in [-0.39, 0.29) is 30.3 Å².